The normalized spacial score (nSPS) is 17.5. The van der Waals surface area contributed by atoms with Crippen LogP contribution in [0.3, 0.4) is 0 Å². The quantitative estimate of drug-likeness (QED) is 0.578. The minimum absolute atomic E-state index is 0.000848. The molecule has 0 amide bonds. The Bertz CT molecular complexity index is 374. The molecule has 2 rings (SSSR count). The Morgan fingerprint density at radius 1 is 1.47 bits per heavy atom. The zero-order chi connectivity index (χ0) is 10.8. The first-order chi connectivity index (χ1) is 7.18. The maximum Gasteiger partial charge on any atom is 0.149 e. The average Bonchev–Trinajstić information content (AvgIpc) is 3.04. The van der Waals surface area contributed by atoms with Gasteiger partial charge in [0, 0.05) is 9.49 Å². The molecular weight excluding hydrogens is 367 g/mol. The van der Waals surface area contributed by atoms with Crippen molar-refractivity contribution in [3.05, 3.63) is 33.4 Å². The number of carbonyl (C=O) groups excluding carboxylic acids is 1. The molecule has 0 aromatic heterocycles. The summed E-state index contributed by atoms with van der Waals surface area (Å²) >= 11 is 5.82. The Balaban J connectivity index is 2.01. The van der Waals surface area contributed by atoms with E-state index in [2.05, 4.69) is 50.7 Å². The maximum atomic E-state index is 11.8. The number of hydrogen-bond acceptors (Lipinski definition) is 1. The SMILES string of the molecule is O=C(C(Br)Cc1ccccc1I)C1CC1. The Morgan fingerprint density at radius 2 is 2.13 bits per heavy atom. The van der Waals surface area contributed by atoms with Crippen LogP contribution in [0.15, 0.2) is 24.3 Å². The molecular formula is C12H12BrIO. The zero-order valence-electron chi connectivity index (χ0n) is 8.25. The van der Waals surface area contributed by atoms with Crippen LogP contribution in [0.1, 0.15) is 18.4 Å². The lowest BCUT2D eigenvalue weighted by Gasteiger charge is -2.09. The van der Waals surface area contributed by atoms with Crippen LogP contribution in [0.5, 0.6) is 0 Å². The van der Waals surface area contributed by atoms with E-state index in [0.717, 1.165) is 19.3 Å². The van der Waals surface area contributed by atoms with E-state index in [-0.39, 0.29) is 4.83 Å². The molecule has 1 unspecified atom stereocenters. The molecule has 3 heteroatoms. The third kappa shape index (κ3) is 3.03. The third-order valence-electron chi connectivity index (χ3n) is 2.65. The average molecular weight is 379 g/mol. The number of ketones is 1. The van der Waals surface area contributed by atoms with E-state index in [1.54, 1.807) is 0 Å². The Kier molecular flexibility index (Phi) is 3.83. The Hall–Kier alpha value is 0.100. The second-order valence-electron chi connectivity index (χ2n) is 3.94. The molecule has 1 aliphatic rings. The number of halogens is 2. The van der Waals surface area contributed by atoms with Crippen molar-refractivity contribution in [3.63, 3.8) is 0 Å². The predicted molar refractivity (Wildman–Crippen MR) is 73.3 cm³/mol. The fourth-order valence-corrected chi connectivity index (χ4v) is 2.91. The van der Waals surface area contributed by atoms with Gasteiger partial charge in [0.1, 0.15) is 5.78 Å². The van der Waals surface area contributed by atoms with Crippen molar-refractivity contribution in [1.82, 2.24) is 0 Å². The van der Waals surface area contributed by atoms with Gasteiger partial charge in [-0.05, 0) is 53.5 Å². The molecule has 1 atom stereocenters. The van der Waals surface area contributed by atoms with Crippen molar-refractivity contribution in [1.29, 1.82) is 0 Å². The van der Waals surface area contributed by atoms with E-state index in [1.807, 2.05) is 12.1 Å². The van der Waals surface area contributed by atoms with E-state index in [9.17, 15) is 4.79 Å². The van der Waals surface area contributed by atoms with Gasteiger partial charge in [-0.15, -0.1) is 0 Å². The second kappa shape index (κ2) is 4.95. The first kappa shape index (κ1) is 11.6. The van der Waals surface area contributed by atoms with Gasteiger partial charge >= 0.3 is 0 Å². The molecule has 0 heterocycles. The van der Waals surface area contributed by atoms with E-state index >= 15 is 0 Å². The van der Waals surface area contributed by atoms with Gasteiger partial charge in [-0.1, -0.05) is 34.1 Å². The highest BCUT2D eigenvalue weighted by Crippen LogP contribution is 2.33. The minimum atomic E-state index is 0.000848. The Morgan fingerprint density at radius 3 is 2.73 bits per heavy atom. The van der Waals surface area contributed by atoms with Crippen molar-refractivity contribution in [3.8, 4) is 0 Å². The summed E-state index contributed by atoms with van der Waals surface area (Å²) in [5, 5.41) is 0. The molecule has 80 valence electrons. The summed E-state index contributed by atoms with van der Waals surface area (Å²) in [6, 6.07) is 8.23. The van der Waals surface area contributed by atoms with Gasteiger partial charge in [0.05, 0.1) is 4.83 Å². The highest BCUT2D eigenvalue weighted by atomic mass is 127. The standard InChI is InChI=1S/C12H12BrIO/c13-10(12(15)8-5-6-8)7-9-3-1-2-4-11(9)14/h1-4,8,10H,5-7H2. The number of rotatable bonds is 4. The van der Waals surface area contributed by atoms with Crippen LogP contribution < -0.4 is 0 Å². The maximum absolute atomic E-state index is 11.8. The van der Waals surface area contributed by atoms with Gasteiger partial charge in [-0.2, -0.15) is 0 Å². The largest absolute Gasteiger partial charge is 0.298 e. The van der Waals surface area contributed by atoms with Crippen LogP contribution in [-0.2, 0) is 11.2 Å². The van der Waals surface area contributed by atoms with Gasteiger partial charge < -0.3 is 0 Å². The fourth-order valence-electron chi connectivity index (χ4n) is 1.58. The molecule has 0 saturated heterocycles. The number of alkyl halides is 1. The fraction of sp³-hybridized carbons (Fsp3) is 0.417. The first-order valence-electron chi connectivity index (χ1n) is 5.09. The highest BCUT2D eigenvalue weighted by molar-refractivity contribution is 14.1. The molecule has 1 nitrogen and oxygen atoms in total. The number of benzene rings is 1. The molecule has 1 aliphatic carbocycles. The third-order valence-corrected chi connectivity index (χ3v) is 4.47. The van der Waals surface area contributed by atoms with Gasteiger partial charge in [-0.3, -0.25) is 4.79 Å². The lowest BCUT2D eigenvalue weighted by Crippen LogP contribution is -2.18. The molecule has 15 heavy (non-hydrogen) atoms. The molecule has 0 aliphatic heterocycles. The van der Waals surface area contributed by atoms with Crippen molar-refractivity contribution >= 4 is 44.3 Å². The van der Waals surface area contributed by atoms with Gasteiger partial charge in [0.15, 0.2) is 0 Å². The van der Waals surface area contributed by atoms with Gasteiger partial charge in [0.2, 0.25) is 0 Å². The Labute approximate surface area is 112 Å². The summed E-state index contributed by atoms with van der Waals surface area (Å²) in [5.74, 6) is 0.727. The van der Waals surface area contributed by atoms with Crippen LogP contribution >= 0.6 is 38.5 Å². The van der Waals surface area contributed by atoms with Crippen molar-refractivity contribution in [2.24, 2.45) is 5.92 Å². The monoisotopic (exact) mass is 378 g/mol. The van der Waals surface area contributed by atoms with Crippen LogP contribution in [-0.4, -0.2) is 10.6 Å². The van der Waals surface area contributed by atoms with Crippen LogP contribution in [0.25, 0.3) is 0 Å². The highest BCUT2D eigenvalue weighted by Gasteiger charge is 2.33. The van der Waals surface area contributed by atoms with Crippen LogP contribution in [0, 0.1) is 9.49 Å². The molecule has 0 radical (unpaired) electrons. The summed E-state index contributed by atoms with van der Waals surface area (Å²) in [6.45, 7) is 0. The summed E-state index contributed by atoms with van der Waals surface area (Å²) in [7, 11) is 0. The van der Waals surface area contributed by atoms with Crippen molar-refractivity contribution in [2.75, 3.05) is 0 Å². The molecule has 1 aromatic rings. The molecule has 1 saturated carbocycles. The summed E-state index contributed by atoms with van der Waals surface area (Å²) < 4.78 is 1.24. The topological polar surface area (TPSA) is 17.1 Å². The number of Topliss-reactive ketones (excluding diaryl/α,β-unsaturated/α-hetero) is 1. The lowest BCUT2D eigenvalue weighted by molar-refractivity contribution is -0.119. The minimum Gasteiger partial charge on any atom is -0.298 e. The zero-order valence-corrected chi connectivity index (χ0v) is 12.0. The predicted octanol–water partition coefficient (Wildman–Crippen LogP) is 3.58. The molecule has 0 N–H and O–H groups in total. The van der Waals surface area contributed by atoms with E-state index in [4.69, 9.17) is 0 Å². The van der Waals surface area contributed by atoms with E-state index in [0.29, 0.717) is 11.7 Å². The molecule has 1 aromatic carbocycles. The van der Waals surface area contributed by atoms with E-state index in [1.165, 1.54) is 9.13 Å². The first-order valence-corrected chi connectivity index (χ1v) is 7.09. The summed E-state index contributed by atoms with van der Waals surface area (Å²) in [6.07, 6.45) is 2.99. The second-order valence-corrected chi connectivity index (χ2v) is 6.21. The van der Waals surface area contributed by atoms with Crippen molar-refractivity contribution in [2.45, 2.75) is 24.1 Å². The van der Waals surface area contributed by atoms with Crippen LogP contribution in [0.2, 0.25) is 0 Å². The number of carbonyl (C=O) groups is 1. The summed E-state index contributed by atoms with van der Waals surface area (Å²) in [4.78, 5) is 11.8. The number of hydrogen-bond donors (Lipinski definition) is 0. The van der Waals surface area contributed by atoms with Gasteiger partial charge in [-0.25, -0.2) is 0 Å². The van der Waals surface area contributed by atoms with E-state index < -0.39 is 0 Å². The van der Waals surface area contributed by atoms with Gasteiger partial charge in [0.25, 0.3) is 0 Å². The molecule has 0 bridgehead atoms. The molecule has 0 spiro atoms. The summed E-state index contributed by atoms with van der Waals surface area (Å²) in [5.41, 5.74) is 1.26. The van der Waals surface area contributed by atoms with Crippen LogP contribution in [0.4, 0.5) is 0 Å². The van der Waals surface area contributed by atoms with Crippen molar-refractivity contribution < 1.29 is 4.79 Å². The smallest absolute Gasteiger partial charge is 0.149 e. The molecule has 1 fully saturated rings. The lowest BCUT2D eigenvalue weighted by atomic mass is 10.1.